The Labute approximate surface area is 174 Å². The van der Waals surface area contributed by atoms with E-state index in [9.17, 15) is 9.59 Å². The molecule has 3 aromatic carbocycles. The number of fused-ring (bicyclic) bond motifs is 3. The van der Waals surface area contributed by atoms with Crippen molar-refractivity contribution in [2.24, 2.45) is 0 Å². The number of carbonyl (C=O) groups is 2. The SMILES string of the molecule is O=C(Cc1coc2ccc3ccccc3c12)NCc1ccc(N2CCCC2=O)cc1. The molecule has 1 fully saturated rings. The predicted octanol–water partition coefficient (Wildman–Crippen LogP) is 4.57. The minimum Gasteiger partial charge on any atom is -0.464 e. The maximum Gasteiger partial charge on any atom is 0.227 e. The lowest BCUT2D eigenvalue weighted by Crippen LogP contribution is -2.25. The van der Waals surface area contributed by atoms with Crippen LogP contribution in [-0.2, 0) is 22.6 Å². The maximum absolute atomic E-state index is 12.6. The summed E-state index contributed by atoms with van der Waals surface area (Å²) in [5, 5.41) is 6.21. The summed E-state index contributed by atoms with van der Waals surface area (Å²) in [4.78, 5) is 26.3. The van der Waals surface area contributed by atoms with Crippen molar-refractivity contribution in [3.05, 3.63) is 78.1 Å². The van der Waals surface area contributed by atoms with Gasteiger partial charge in [-0.1, -0.05) is 42.5 Å². The van der Waals surface area contributed by atoms with Gasteiger partial charge in [0.05, 0.1) is 12.7 Å². The lowest BCUT2D eigenvalue weighted by Gasteiger charge is -2.16. The first kappa shape index (κ1) is 18.4. The number of anilines is 1. The highest BCUT2D eigenvalue weighted by Crippen LogP contribution is 2.30. The van der Waals surface area contributed by atoms with Gasteiger partial charge in [-0.05, 0) is 41.0 Å². The van der Waals surface area contributed by atoms with Crippen LogP contribution < -0.4 is 10.2 Å². The molecule has 1 aliphatic heterocycles. The summed E-state index contributed by atoms with van der Waals surface area (Å²) in [6.07, 6.45) is 3.48. The van der Waals surface area contributed by atoms with Crippen LogP contribution >= 0.6 is 0 Å². The van der Waals surface area contributed by atoms with Crippen molar-refractivity contribution in [3.8, 4) is 0 Å². The summed E-state index contributed by atoms with van der Waals surface area (Å²) in [5.74, 6) is 0.125. The minimum atomic E-state index is -0.0515. The molecule has 30 heavy (non-hydrogen) atoms. The molecule has 0 bridgehead atoms. The second-order valence-corrected chi connectivity index (χ2v) is 7.69. The molecule has 2 heterocycles. The highest BCUT2D eigenvalue weighted by atomic mass is 16.3. The normalized spacial score (nSPS) is 14.0. The number of furan rings is 1. The molecule has 1 aliphatic rings. The Bertz CT molecular complexity index is 1240. The van der Waals surface area contributed by atoms with Crippen molar-refractivity contribution >= 4 is 39.2 Å². The Hall–Kier alpha value is -3.60. The van der Waals surface area contributed by atoms with Crippen LogP contribution in [0.15, 0.2) is 71.3 Å². The molecule has 5 heteroatoms. The van der Waals surface area contributed by atoms with Crippen LogP contribution in [0.5, 0.6) is 0 Å². The van der Waals surface area contributed by atoms with Crippen LogP contribution in [0.2, 0.25) is 0 Å². The molecule has 0 atom stereocenters. The minimum absolute atomic E-state index is 0.0515. The number of nitrogens with one attached hydrogen (secondary N) is 1. The van der Waals surface area contributed by atoms with E-state index in [1.165, 1.54) is 0 Å². The topological polar surface area (TPSA) is 62.6 Å². The van der Waals surface area contributed by atoms with E-state index in [-0.39, 0.29) is 18.2 Å². The third kappa shape index (κ3) is 3.43. The Morgan fingerprint density at radius 2 is 1.87 bits per heavy atom. The molecule has 0 saturated carbocycles. The predicted molar refractivity (Wildman–Crippen MR) is 117 cm³/mol. The van der Waals surface area contributed by atoms with Gasteiger partial charge in [0.15, 0.2) is 0 Å². The van der Waals surface area contributed by atoms with Gasteiger partial charge in [-0.15, -0.1) is 0 Å². The largest absolute Gasteiger partial charge is 0.464 e. The number of amides is 2. The van der Waals surface area contributed by atoms with Gasteiger partial charge in [0.1, 0.15) is 5.58 Å². The first-order valence-corrected chi connectivity index (χ1v) is 10.2. The van der Waals surface area contributed by atoms with Gasteiger partial charge in [0.25, 0.3) is 0 Å². The molecular weight excluding hydrogens is 376 g/mol. The summed E-state index contributed by atoms with van der Waals surface area (Å²) >= 11 is 0. The molecule has 4 aromatic rings. The van der Waals surface area contributed by atoms with Crippen LogP contribution in [-0.4, -0.2) is 18.4 Å². The molecule has 0 radical (unpaired) electrons. The smallest absolute Gasteiger partial charge is 0.227 e. The van der Waals surface area contributed by atoms with Crippen LogP contribution in [0.1, 0.15) is 24.0 Å². The molecule has 5 rings (SSSR count). The van der Waals surface area contributed by atoms with Crippen LogP contribution in [0, 0.1) is 0 Å². The number of hydrogen-bond donors (Lipinski definition) is 1. The van der Waals surface area contributed by atoms with Gasteiger partial charge in [-0.2, -0.15) is 0 Å². The van der Waals surface area contributed by atoms with E-state index in [0.29, 0.717) is 13.0 Å². The zero-order valence-corrected chi connectivity index (χ0v) is 16.6. The number of hydrogen-bond acceptors (Lipinski definition) is 3. The quantitative estimate of drug-likeness (QED) is 0.536. The Balaban J connectivity index is 1.27. The Morgan fingerprint density at radius 1 is 1.03 bits per heavy atom. The third-order valence-electron chi connectivity index (χ3n) is 5.70. The van der Waals surface area contributed by atoms with Crippen molar-refractivity contribution in [1.29, 1.82) is 0 Å². The summed E-state index contributed by atoms with van der Waals surface area (Å²) < 4.78 is 5.68. The molecule has 5 nitrogen and oxygen atoms in total. The van der Waals surface area contributed by atoms with Crippen LogP contribution in [0.3, 0.4) is 0 Å². The number of rotatable bonds is 5. The fraction of sp³-hybridized carbons (Fsp3) is 0.200. The van der Waals surface area contributed by atoms with Crippen molar-refractivity contribution in [1.82, 2.24) is 5.32 Å². The van der Waals surface area contributed by atoms with E-state index in [0.717, 1.165) is 51.5 Å². The van der Waals surface area contributed by atoms with Gasteiger partial charge >= 0.3 is 0 Å². The number of nitrogens with zero attached hydrogens (tertiary/aromatic N) is 1. The average molecular weight is 398 g/mol. The van der Waals surface area contributed by atoms with Gasteiger partial charge in [-0.3, -0.25) is 9.59 Å². The molecule has 0 aliphatic carbocycles. The van der Waals surface area contributed by atoms with Crippen molar-refractivity contribution in [2.45, 2.75) is 25.8 Å². The highest BCUT2D eigenvalue weighted by Gasteiger charge is 2.21. The van der Waals surface area contributed by atoms with E-state index < -0.39 is 0 Å². The monoisotopic (exact) mass is 398 g/mol. The van der Waals surface area contributed by atoms with E-state index in [4.69, 9.17) is 4.42 Å². The molecule has 0 unspecified atom stereocenters. The molecule has 1 saturated heterocycles. The Morgan fingerprint density at radius 3 is 2.67 bits per heavy atom. The zero-order chi connectivity index (χ0) is 20.5. The van der Waals surface area contributed by atoms with Gasteiger partial charge < -0.3 is 14.6 Å². The second kappa shape index (κ2) is 7.67. The summed E-state index contributed by atoms with van der Waals surface area (Å²) in [6.45, 7) is 1.23. The molecular formula is C25H22N2O3. The van der Waals surface area contributed by atoms with E-state index in [2.05, 4.69) is 17.4 Å². The van der Waals surface area contributed by atoms with Crippen LogP contribution in [0.4, 0.5) is 5.69 Å². The lowest BCUT2D eigenvalue weighted by atomic mass is 10.0. The highest BCUT2D eigenvalue weighted by molar-refractivity contribution is 6.08. The van der Waals surface area contributed by atoms with Crippen molar-refractivity contribution in [2.75, 3.05) is 11.4 Å². The first-order chi connectivity index (χ1) is 14.7. The molecule has 1 aromatic heterocycles. The first-order valence-electron chi connectivity index (χ1n) is 10.2. The molecule has 1 N–H and O–H groups in total. The van der Waals surface area contributed by atoms with E-state index in [1.54, 1.807) is 6.26 Å². The Kier molecular flexibility index (Phi) is 4.71. The fourth-order valence-corrected chi connectivity index (χ4v) is 4.16. The average Bonchev–Trinajstić information content (AvgIpc) is 3.39. The van der Waals surface area contributed by atoms with Gasteiger partial charge in [0, 0.05) is 36.1 Å². The molecule has 2 amide bonds. The van der Waals surface area contributed by atoms with Crippen molar-refractivity contribution in [3.63, 3.8) is 0 Å². The maximum atomic E-state index is 12.6. The van der Waals surface area contributed by atoms with E-state index in [1.807, 2.05) is 53.4 Å². The lowest BCUT2D eigenvalue weighted by molar-refractivity contribution is -0.120. The van der Waals surface area contributed by atoms with E-state index >= 15 is 0 Å². The summed E-state index contributed by atoms with van der Waals surface area (Å²) in [7, 11) is 0. The fourth-order valence-electron chi connectivity index (χ4n) is 4.16. The third-order valence-corrected chi connectivity index (χ3v) is 5.70. The summed E-state index contributed by atoms with van der Waals surface area (Å²) in [5.41, 5.74) is 3.61. The number of benzene rings is 3. The molecule has 0 spiro atoms. The van der Waals surface area contributed by atoms with Crippen molar-refractivity contribution < 1.29 is 14.0 Å². The van der Waals surface area contributed by atoms with Gasteiger partial charge in [0.2, 0.25) is 11.8 Å². The summed E-state index contributed by atoms with van der Waals surface area (Å²) in [6, 6.07) is 19.9. The van der Waals surface area contributed by atoms with Crippen LogP contribution in [0.25, 0.3) is 21.7 Å². The second-order valence-electron chi connectivity index (χ2n) is 7.69. The standard InChI is InChI=1S/C25H22N2O3/c28-23(26-15-17-7-10-20(11-8-17)27-13-3-6-24(27)29)14-19-16-30-22-12-9-18-4-1-2-5-21(18)25(19)22/h1-2,4-5,7-12,16H,3,6,13-15H2,(H,26,28). The van der Waals surface area contributed by atoms with Gasteiger partial charge in [-0.25, -0.2) is 0 Å². The zero-order valence-electron chi connectivity index (χ0n) is 16.6. The molecule has 150 valence electrons. The number of carbonyl (C=O) groups excluding carboxylic acids is 2.